The molecule has 0 aliphatic heterocycles. The number of hydrogen-bond donors (Lipinski definition) is 1. The first-order chi connectivity index (χ1) is 4.16. The largest absolute Gasteiger partial charge is 0.393 e. The Morgan fingerprint density at radius 2 is 2.33 bits per heavy atom. The fraction of sp³-hybridized carbons (Fsp3) is 0.833. The zero-order chi connectivity index (χ0) is 7.28. The second kappa shape index (κ2) is 4.44. The van der Waals surface area contributed by atoms with Crippen LogP contribution in [-0.4, -0.2) is 23.7 Å². The molecular weight excluding hydrogens is 123 g/mol. The number of aliphatic hydroxyl groups is 1. The fourth-order valence-electron chi connectivity index (χ4n) is 0.451. The van der Waals surface area contributed by atoms with Crippen molar-refractivity contribution in [1.29, 1.82) is 0 Å². The maximum atomic E-state index is 12.1. The van der Waals surface area contributed by atoms with Crippen LogP contribution in [0.2, 0.25) is 0 Å². The van der Waals surface area contributed by atoms with Crippen LogP contribution in [-0.2, 0) is 4.79 Å². The summed E-state index contributed by atoms with van der Waals surface area (Å²) in [6.45, 7) is 0.928. The molecule has 0 aliphatic carbocycles. The van der Waals surface area contributed by atoms with Gasteiger partial charge in [-0.2, -0.15) is 0 Å². The lowest BCUT2D eigenvalue weighted by Gasteiger charge is -1.99. The summed E-state index contributed by atoms with van der Waals surface area (Å²) in [4.78, 5) is 10.2. The smallest absolute Gasteiger partial charge is 0.129 e. The summed E-state index contributed by atoms with van der Waals surface area (Å²) >= 11 is 0. The third kappa shape index (κ3) is 5.43. The van der Waals surface area contributed by atoms with Gasteiger partial charge in [0.1, 0.15) is 12.0 Å². The maximum Gasteiger partial charge on any atom is 0.129 e. The molecule has 0 aliphatic rings. The van der Waals surface area contributed by atoms with Gasteiger partial charge in [-0.1, -0.05) is 0 Å². The molecule has 0 amide bonds. The summed E-state index contributed by atoms with van der Waals surface area (Å²) < 4.78 is 12.1. The van der Waals surface area contributed by atoms with Crippen molar-refractivity contribution in [3.05, 3.63) is 0 Å². The number of halogens is 1. The minimum absolute atomic E-state index is 0.0360. The number of ketones is 1. The van der Waals surface area contributed by atoms with Crippen molar-refractivity contribution in [2.45, 2.75) is 25.9 Å². The predicted octanol–water partition coefficient (Wildman–Crippen LogP) is 0.686. The van der Waals surface area contributed by atoms with Crippen LogP contribution in [0.3, 0.4) is 0 Å². The van der Waals surface area contributed by atoms with Crippen LogP contribution in [0.1, 0.15) is 19.8 Å². The first-order valence-electron chi connectivity index (χ1n) is 2.91. The van der Waals surface area contributed by atoms with Crippen LogP contribution < -0.4 is 0 Å². The average Bonchev–Trinajstić information content (AvgIpc) is 1.83. The SMILES string of the molecule is CC(=O)CCC(F)CO. The highest BCUT2D eigenvalue weighted by Gasteiger charge is 2.04. The molecule has 0 saturated carbocycles. The van der Waals surface area contributed by atoms with Crippen LogP contribution in [0.4, 0.5) is 4.39 Å². The van der Waals surface area contributed by atoms with E-state index < -0.39 is 12.8 Å². The quantitative estimate of drug-likeness (QED) is 0.614. The molecule has 0 bridgehead atoms. The number of carbonyl (C=O) groups is 1. The van der Waals surface area contributed by atoms with Gasteiger partial charge in [-0.3, -0.25) is 0 Å². The summed E-state index contributed by atoms with van der Waals surface area (Å²) in [5.41, 5.74) is 0. The Kier molecular flexibility index (Phi) is 4.22. The van der Waals surface area contributed by atoms with E-state index in [9.17, 15) is 9.18 Å². The number of rotatable bonds is 4. The van der Waals surface area contributed by atoms with E-state index in [2.05, 4.69) is 0 Å². The number of alkyl halides is 1. The summed E-state index contributed by atoms with van der Waals surface area (Å²) in [5, 5.41) is 8.16. The van der Waals surface area contributed by atoms with Crippen LogP contribution in [0, 0.1) is 0 Å². The topological polar surface area (TPSA) is 37.3 Å². The zero-order valence-electron chi connectivity index (χ0n) is 5.43. The maximum absolute atomic E-state index is 12.1. The normalized spacial score (nSPS) is 13.2. The van der Waals surface area contributed by atoms with Gasteiger partial charge in [0.15, 0.2) is 0 Å². The van der Waals surface area contributed by atoms with Crippen LogP contribution in [0.5, 0.6) is 0 Å². The number of carbonyl (C=O) groups excluding carboxylic acids is 1. The Hall–Kier alpha value is -0.440. The number of aliphatic hydroxyl groups excluding tert-OH is 1. The molecule has 0 radical (unpaired) electrons. The molecule has 0 aromatic rings. The van der Waals surface area contributed by atoms with Crippen molar-refractivity contribution in [3.63, 3.8) is 0 Å². The van der Waals surface area contributed by atoms with Gasteiger partial charge in [0.2, 0.25) is 0 Å². The van der Waals surface area contributed by atoms with E-state index >= 15 is 0 Å². The first-order valence-corrected chi connectivity index (χ1v) is 2.91. The Morgan fingerprint density at radius 3 is 2.67 bits per heavy atom. The van der Waals surface area contributed by atoms with Gasteiger partial charge < -0.3 is 9.90 Å². The second-order valence-electron chi connectivity index (χ2n) is 2.02. The van der Waals surface area contributed by atoms with E-state index in [1.165, 1.54) is 6.92 Å². The van der Waals surface area contributed by atoms with E-state index in [-0.39, 0.29) is 18.6 Å². The second-order valence-corrected chi connectivity index (χ2v) is 2.02. The van der Waals surface area contributed by atoms with Crippen molar-refractivity contribution in [1.82, 2.24) is 0 Å². The van der Waals surface area contributed by atoms with Crippen molar-refractivity contribution >= 4 is 5.78 Å². The molecule has 0 aromatic carbocycles. The summed E-state index contributed by atoms with van der Waals surface area (Å²) in [5.74, 6) is -0.0360. The third-order valence-corrected chi connectivity index (χ3v) is 1.01. The first kappa shape index (κ1) is 8.56. The minimum atomic E-state index is -1.23. The van der Waals surface area contributed by atoms with E-state index in [0.717, 1.165) is 0 Å². The molecule has 9 heavy (non-hydrogen) atoms. The molecule has 1 atom stereocenters. The van der Waals surface area contributed by atoms with Crippen LogP contribution in [0.15, 0.2) is 0 Å². The van der Waals surface area contributed by atoms with Crippen molar-refractivity contribution in [3.8, 4) is 0 Å². The lowest BCUT2D eigenvalue weighted by molar-refractivity contribution is -0.117. The lowest BCUT2D eigenvalue weighted by Crippen LogP contribution is -2.07. The summed E-state index contributed by atoms with van der Waals surface area (Å²) in [6, 6.07) is 0. The Morgan fingerprint density at radius 1 is 1.78 bits per heavy atom. The van der Waals surface area contributed by atoms with E-state index in [1.807, 2.05) is 0 Å². The van der Waals surface area contributed by atoms with Crippen molar-refractivity contribution < 1.29 is 14.3 Å². The van der Waals surface area contributed by atoms with E-state index in [4.69, 9.17) is 5.11 Å². The van der Waals surface area contributed by atoms with Crippen LogP contribution >= 0.6 is 0 Å². The van der Waals surface area contributed by atoms with Gasteiger partial charge in [0.25, 0.3) is 0 Å². The predicted molar refractivity (Wildman–Crippen MR) is 31.9 cm³/mol. The van der Waals surface area contributed by atoms with Gasteiger partial charge in [0.05, 0.1) is 6.61 Å². The third-order valence-electron chi connectivity index (χ3n) is 1.01. The van der Waals surface area contributed by atoms with E-state index in [0.29, 0.717) is 0 Å². The highest BCUT2D eigenvalue weighted by Crippen LogP contribution is 2.00. The molecule has 0 fully saturated rings. The molecule has 0 aromatic heterocycles. The van der Waals surface area contributed by atoms with Gasteiger partial charge in [0, 0.05) is 6.42 Å². The Labute approximate surface area is 53.7 Å². The Bertz CT molecular complexity index is 93.1. The standard InChI is InChI=1S/C6H11FO2/c1-5(9)2-3-6(7)4-8/h6,8H,2-4H2,1H3. The molecule has 54 valence electrons. The molecule has 1 unspecified atom stereocenters. The van der Waals surface area contributed by atoms with Gasteiger partial charge in [-0.25, -0.2) is 4.39 Å². The number of Topliss-reactive ketones (excluding diaryl/α,β-unsaturated/α-hetero) is 1. The van der Waals surface area contributed by atoms with E-state index in [1.54, 1.807) is 0 Å². The zero-order valence-corrected chi connectivity index (χ0v) is 5.43. The highest BCUT2D eigenvalue weighted by atomic mass is 19.1. The lowest BCUT2D eigenvalue weighted by atomic mass is 10.2. The number of hydrogen-bond acceptors (Lipinski definition) is 2. The van der Waals surface area contributed by atoms with Crippen molar-refractivity contribution in [2.24, 2.45) is 0 Å². The van der Waals surface area contributed by atoms with Crippen molar-refractivity contribution in [2.75, 3.05) is 6.61 Å². The molecular formula is C6H11FO2. The van der Waals surface area contributed by atoms with Gasteiger partial charge in [-0.15, -0.1) is 0 Å². The van der Waals surface area contributed by atoms with Gasteiger partial charge in [-0.05, 0) is 13.3 Å². The Balaban J connectivity index is 3.16. The average molecular weight is 134 g/mol. The monoisotopic (exact) mass is 134 g/mol. The van der Waals surface area contributed by atoms with Crippen LogP contribution in [0.25, 0.3) is 0 Å². The molecule has 2 nitrogen and oxygen atoms in total. The fourth-order valence-corrected chi connectivity index (χ4v) is 0.451. The highest BCUT2D eigenvalue weighted by molar-refractivity contribution is 5.75. The summed E-state index contributed by atoms with van der Waals surface area (Å²) in [7, 11) is 0. The molecule has 3 heteroatoms. The molecule has 0 heterocycles. The minimum Gasteiger partial charge on any atom is -0.393 e. The summed E-state index contributed by atoms with van der Waals surface area (Å²) in [6.07, 6.45) is -0.859. The molecule has 0 spiro atoms. The molecule has 1 N–H and O–H groups in total. The van der Waals surface area contributed by atoms with Gasteiger partial charge >= 0.3 is 0 Å². The molecule has 0 saturated heterocycles. The molecule has 0 rings (SSSR count).